The fourth-order valence-electron chi connectivity index (χ4n) is 3.26. The molecule has 0 bridgehead atoms. The van der Waals surface area contributed by atoms with Crippen LogP contribution in [0, 0.1) is 11.8 Å². The molecule has 0 saturated heterocycles. The van der Waals surface area contributed by atoms with E-state index >= 15 is 0 Å². The number of hydrogen-bond donors (Lipinski definition) is 1. The molecule has 1 aromatic heterocycles. The van der Waals surface area contributed by atoms with Crippen molar-refractivity contribution in [2.24, 2.45) is 17.6 Å². The summed E-state index contributed by atoms with van der Waals surface area (Å²) in [5, 5.41) is 2.11. The highest BCUT2D eigenvalue weighted by molar-refractivity contribution is 9.10. The zero-order valence-electron chi connectivity index (χ0n) is 12.6. The van der Waals surface area contributed by atoms with Gasteiger partial charge in [-0.25, -0.2) is 0 Å². The van der Waals surface area contributed by atoms with Gasteiger partial charge >= 0.3 is 0 Å². The predicted octanol–water partition coefficient (Wildman–Crippen LogP) is 5.13. The van der Waals surface area contributed by atoms with Crippen LogP contribution < -0.4 is 5.73 Å². The summed E-state index contributed by atoms with van der Waals surface area (Å²) in [6.45, 7) is 6.81. The smallest absolute Gasteiger partial charge is 0.107 e. The SMILES string of the molecule is CCC(N)C(OC1CC(C)CC(C)C1)c1cc(Br)cs1. The highest BCUT2D eigenvalue weighted by Crippen LogP contribution is 2.36. The minimum atomic E-state index is 0.0406. The van der Waals surface area contributed by atoms with E-state index in [0.29, 0.717) is 6.10 Å². The number of hydrogen-bond acceptors (Lipinski definition) is 3. The number of thiophene rings is 1. The molecule has 1 fully saturated rings. The van der Waals surface area contributed by atoms with E-state index in [2.05, 4.69) is 48.1 Å². The molecule has 4 atom stereocenters. The molecule has 1 heterocycles. The van der Waals surface area contributed by atoms with Gasteiger partial charge in [-0.15, -0.1) is 11.3 Å². The van der Waals surface area contributed by atoms with Crippen LogP contribution in [-0.4, -0.2) is 12.1 Å². The van der Waals surface area contributed by atoms with Crippen molar-refractivity contribution in [2.45, 2.75) is 64.7 Å². The van der Waals surface area contributed by atoms with E-state index in [1.807, 2.05) is 0 Å². The summed E-state index contributed by atoms with van der Waals surface area (Å²) >= 11 is 5.27. The molecular formula is C16H26BrNOS. The normalized spacial score (nSPS) is 30.1. The lowest BCUT2D eigenvalue weighted by Crippen LogP contribution is -2.35. The standard InChI is InChI=1S/C16H26BrNOS/c1-4-14(18)16(15-8-12(17)9-20-15)19-13-6-10(2)5-11(3)7-13/h8-11,13-14,16H,4-7,18H2,1-3H3. The summed E-state index contributed by atoms with van der Waals surface area (Å²) in [4.78, 5) is 1.25. The highest BCUT2D eigenvalue weighted by Gasteiger charge is 2.30. The fraction of sp³-hybridized carbons (Fsp3) is 0.750. The Labute approximate surface area is 135 Å². The van der Waals surface area contributed by atoms with Gasteiger partial charge in [-0.1, -0.05) is 20.8 Å². The van der Waals surface area contributed by atoms with Gasteiger partial charge in [0.2, 0.25) is 0 Å². The average molecular weight is 360 g/mol. The summed E-state index contributed by atoms with van der Waals surface area (Å²) in [5.74, 6) is 1.52. The van der Waals surface area contributed by atoms with Gasteiger partial charge in [0.25, 0.3) is 0 Å². The second kappa shape index (κ2) is 7.39. The zero-order chi connectivity index (χ0) is 14.7. The summed E-state index contributed by atoms with van der Waals surface area (Å²) in [5.41, 5.74) is 6.31. The lowest BCUT2D eigenvalue weighted by molar-refractivity contribution is -0.0596. The van der Waals surface area contributed by atoms with E-state index < -0.39 is 0 Å². The second-order valence-electron chi connectivity index (χ2n) is 6.34. The van der Waals surface area contributed by atoms with Gasteiger partial charge in [0.05, 0.1) is 6.10 Å². The van der Waals surface area contributed by atoms with Gasteiger partial charge in [-0.2, -0.15) is 0 Å². The Morgan fingerprint density at radius 2 is 2.00 bits per heavy atom. The van der Waals surface area contributed by atoms with E-state index in [1.165, 1.54) is 24.1 Å². The first-order chi connectivity index (χ1) is 9.49. The summed E-state index contributed by atoms with van der Waals surface area (Å²) in [6.07, 6.45) is 5.01. The van der Waals surface area contributed by atoms with E-state index in [-0.39, 0.29) is 12.1 Å². The molecule has 1 aromatic rings. The molecule has 0 radical (unpaired) electrons. The van der Waals surface area contributed by atoms with E-state index in [4.69, 9.17) is 10.5 Å². The molecule has 2 rings (SSSR count). The first-order valence-electron chi connectivity index (χ1n) is 7.64. The Hall–Kier alpha value is 0.1000. The third-order valence-corrected chi connectivity index (χ3v) is 5.96. The molecule has 0 aliphatic heterocycles. The van der Waals surface area contributed by atoms with Crippen molar-refractivity contribution in [3.63, 3.8) is 0 Å². The third kappa shape index (κ3) is 4.30. The van der Waals surface area contributed by atoms with Crippen molar-refractivity contribution < 1.29 is 4.74 Å². The Bertz CT molecular complexity index is 412. The van der Waals surface area contributed by atoms with Crippen LogP contribution in [0.5, 0.6) is 0 Å². The van der Waals surface area contributed by atoms with E-state index in [0.717, 1.165) is 22.7 Å². The molecule has 2 N–H and O–H groups in total. The molecule has 0 aromatic carbocycles. The molecule has 20 heavy (non-hydrogen) atoms. The summed E-state index contributed by atoms with van der Waals surface area (Å²) < 4.78 is 7.57. The number of ether oxygens (including phenoxy) is 1. The fourth-order valence-corrected chi connectivity index (χ4v) is 4.82. The molecular weight excluding hydrogens is 334 g/mol. The molecule has 4 unspecified atom stereocenters. The number of nitrogens with two attached hydrogens (primary N) is 1. The molecule has 1 aliphatic rings. The van der Waals surface area contributed by atoms with Crippen molar-refractivity contribution in [2.75, 3.05) is 0 Å². The van der Waals surface area contributed by atoms with Crippen LogP contribution in [0.15, 0.2) is 15.9 Å². The summed E-state index contributed by atoms with van der Waals surface area (Å²) in [6, 6.07) is 2.23. The van der Waals surface area contributed by atoms with Gasteiger partial charge in [0.15, 0.2) is 0 Å². The van der Waals surface area contributed by atoms with Crippen molar-refractivity contribution in [1.82, 2.24) is 0 Å². The number of halogens is 1. The van der Waals surface area contributed by atoms with Crippen LogP contribution in [0.1, 0.15) is 57.4 Å². The van der Waals surface area contributed by atoms with Crippen LogP contribution in [0.4, 0.5) is 0 Å². The lowest BCUT2D eigenvalue weighted by atomic mass is 9.81. The van der Waals surface area contributed by atoms with Crippen LogP contribution in [0.25, 0.3) is 0 Å². The van der Waals surface area contributed by atoms with Crippen LogP contribution in [0.3, 0.4) is 0 Å². The maximum Gasteiger partial charge on any atom is 0.107 e. The van der Waals surface area contributed by atoms with Crippen molar-refractivity contribution in [3.8, 4) is 0 Å². The Balaban J connectivity index is 2.08. The molecule has 1 aliphatic carbocycles. The van der Waals surface area contributed by atoms with Crippen molar-refractivity contribution in [1.29, 1.82) is 0 Å². The minimum Gasteiger partial charge on any atom is -0.368 e. The summed E-state index contributed by atoms with van der Waals surface area (Å²) in [7, 11) is 0. The molecule has 0 spiro atoms. The average Bonchev–Trinajstić information content (AvgIpc) is 2.80. The molecule has 1 saturated carbocycles. The van der Waals surface area contributed by atoms with Gasteiger partial charge in [0, 0.05) is 20.8 Å². The third-order valence-electron chi connectivity index (χ3n) is 4.20. The second-order valence-corrected chi connectivity index (χ2v) is 8.19. The molecule has 4 heteroatoms. The van der Waals surface area contributed by atoms with E-state index in [9.17, 15) is 0 Å². The van der Waals surface area contributed by atoms with Gasteiger partial charge < -0.3 is 10.5 Å². The minimum absolute atomic E-state index is 0.0406. The largest absolute Gasteiger partial charge is 0.368 e. The first-order valence-corrected chi connectivity index (χ1v) is 9.31. The van der Waals surface area contributed by atoms with Crippen molar-refractivity contribution >= 4 is 27.3 Å². The van der Waals surface area contributed by atoms with Crippen LogP contribution in [-0.2, 0) is 4.74 Å². The monoisotopic (exact) mass is 359 g/mol. The predicted molar refractivity (Wildman–Crippen MR) is 90.1 cm³/mol. The van der Waals surface area contributed by atoms with Gasteiger partial charge in [-0.3, -0.25) is 0 Å². The highest BCUT2D eigenvalue weighted by atomic mass is 79.9. The molecule has 2 nitrogen and oxygen atoms in total. The Morgan fingerprint density at radius 3 is 2.50 bits per heavy atom. The molecule has 114 valence electrons. The molecule has 0 amide bonds. The van der Waals surface area contributed by atoms with Crippen LogP contribution in [0.2, 0.25) is 0 Å². The van der Waals surface area contributed by atoms with Crippen molar-refractivity contribution in [3.05, 3.63) is 20.8 Å². The Kier molecular flexibility index (Phi) is 6.09. The Morgan fingerprint density at radius 1 is 1.35 bits per heavy atom. The van der Waals surface area contributed by atoms with Gasteiger partial charge in [-0.05, 0) is 59.5 Å². The van der Waals surface area contributed by atoms with Crippen LogP contribution >= 0.6 is 27.3 Å². The topological polar surface area (TPSA) is 35.2 Å². The quantitative estimate of drug-likeness (QED) is 0.790. The first kappa shape index (κ1) is 16.5. The maximum absolute atomic E-state index is 6.45. The zero-order valence-corrected chi connectivity index (χ0v) is 15.0. The lowest BCUT2D eigenvalue weighted by Gasteiger charge is -2.35. The number of rotatable bonds is 5. The van der Waals surface area contributed by atoms with Gasteiger partial charge in [0.1, 0.15) is 6.10 Å². The van der Waals surface area contributed by atoms with E-state index in [1.54, 1.807) is 11.3 Å². The maximum atomic E-state index is 6.45.